The van der Waals surface area contributed by atoms with Crippen LogP contribution in [0.1, 0.15) is 12.8 Å². The minimum atomic E-state index is -3.89. The quantitative estimate of drug-likeness (QED) is 0.633. The maximum Gasteiger partial charge on any atom is 0.243 e. The minimum Gasteiger partial charge on any atom is -0.493 e. The number of carbonyl (C=O) groups is 1. The summed E-state index contributed by atoms with van der Waals surface area (Å²) in [6, 6.07) is 17.0. The Balaban J connectivity index is 1.62. The maximum absolute atomic E-state index is 13.3. The smallest absolute Gasteiger partial charge is 0.243 e. The summed E-state index contributed by atoms with van der Waals surface area (Å²) in [5.41, 5.74) is 0.665. The average Bonchev–Trinajstić information content (AvgIpc) is 3.30. The fourth-order valence-corrected chi connectivity index (χ4v) is 5.63. The highest BCUT2D eigenvalue weighted by molar-refractivity contribution is 7.89. The summed E-state index contributed by atoms with van der Waals surface area (Å²) in [6.45, 7) is 0.282. The van der Waals surface area contributed by atoms with E-state index in [1.54, 1.807) is 6.07 Å². The van der Waals surface area contributed by atoms with Crippen LogP contribution in [0.5, 0.6) is 11.5 Å². The Morgan fingerprint density at radius 1 is 1.00 bits per heavy atom. The van der Waals surface area contributed by atoms with Gasteiger partial charge in [-0.1, -0.05) is 36.4 Å². The van der Waals surface area contributed by atoms with Crippen molar-refractivity contribution in [2.45, 2.75) is 23.8 Å². The Bertz CT molecular complexity index is 1220. The molecule has 8 heteroatoms. The van der Waals surface area contributed by atoms with Gasteiger partial charge in [0.05, 0.1) is 19.1 Å². The number of anilines is 1. The number of rotatable bonds is 6. The molecule has 1 saturated heterocycles. The molecular formula is C23H24N2O5S. The van der Waals surface area contributed by atoms with Crippen molar-refractivity contribution in [2.24, 2.45) is 0 Å². The summed E-state index contributed by atoms with van der Waals surface area (Å²) in [4.78, 5) is 13.2. The molecule has 31 heavy (non-hydrogen) atoms. The monoisotopic (exact) mass is 440 g/mol. The van der Waals surface area contributed by atoms with E-state index in [1.807, 2.05) is 42.5 Å². The van der Waals surface area contributed by atoms with Crippen LogP contribution in [0, 0.1) is 0 Å². The number of ether oxygens (including phenoxy) is 2. The molecule has 7 nitrogen and oxygen atoms in total. The molecule has 1 unspecified atom stereocenters. The van der Waals surface area contributed by atoms with Crippen LogP contribution in [0.25, 0.3) is 10.8 Å². The molecule has 0 saturated carbocycles. The fourth-order valence-electron chi connectivity index (χ4n) is 3.95. The highest BCUT2D eigenvalue weighted by atomic mass is 32.2. The molecule has 1 heterocycles. The zero-order valence-corrected chi connectivity index (χ0v) is 18.2. The number of benzene rings is 3. The Kier molecular flexibility index (Phi) is 5.84. The van der Waals surface area contributed by atoms with E-state index in [1.165, 1.54) is 30.7 Å². The van der Waals surface area contributed by atoms with Crippen molar-refractivity contribution >= 4 is 32.4 Å². The summed E-state index contributed by atoms with van der Waals surface area (Å²) in [7, 11) is -0.953. The number of hydrogen-bond donors (Lipinski definition) is 1. The normalized spacial score (nSPS) is 16.9. The lowest BCUT2D eigenvalue weighted by atomic mass is 10.1. The van der Waals surface area contributed by atoms with Gasteiger partial charge in [-0.15, -0.1) is 0 Å². The van der Waals surface area contributed by atoms with Crippen molar-refractivity contribution in [1.29, 1.82) is 0 Å². The lowest BCUT2D eigenvalue weighted by Gasteiger charge is -2.24. The van der Waals surface area contributed by atoms with Gasteiger partial charge in [-0.25, -0.2) is 8.42 Å². The molecule has 0 aliphatic carbocycles. The molecule has 1 aliphatic rings. The summed E-state index contributed by atoms with van der Waals surface area (Å²) >= 11 is 0. The maximum atomic E-state index is 13.3. The second-order valence-corrected chi connectivity index (χ2v) is 9.20. The molecule has 3 aromatic carbocycles. The van der Waals surface area contributed by atoms with Gasteiger partial charge in [0.15, 0.2) is 11.5 Å². The van der Waals surface area contributed by atoms with E-state index in [4.69, 9.17) is 9.47 Å². The molecule has 162 valence electrons. The predicted octanol–water partition coefficient (Wildman–Crippen LogP) is 3.65. The second-order valence-electron chi connectivity index (χ2n) is 7.31. The van der Waals surface area contributed by atoms with Gasteiger partial charge in [-0.2, -0.15) is 4.31 Å². The predicted molar refractivity (Wildman–Crippen MR) is 119 cm³/mol. The van der Waals surface area contributed by atoms with Crippen LogP contribution in [-0.4, -0.2) is 45.4 Å². The minimum absolute atomic E-state index is 0.0648. The summed E-state index contributed by atoms with van der Waals surface area (Å²) < 4.78 is 38.4. The van der Waals surface area contributed by atoms with Crippen LogP contribution in [0.3, 0.4) is 0 Å². The first-order valence-electron chi connectivity index (χ1n) is 9.98. The Morgan fingerprint density at radius 3 is 2.52 bits per heavy atom. The molecule has 1 fully saturated rings. The van der Waals surface area contributed by atoms with Crippen molar-refractivity contribution in [3.8, 4) is 11.5 Å². The molecule has 1 amide bonds. The molecule has 0 aromatic heterocycles. The number of methoxy groups -OCH3 is 2. The van der Waals surface area contributed by atoms with Crippen LogP contribution in [-0.2, 0) is 14.8 Å². The lowest BCUT2D eigenvalue weighted by Crippen LogP contribution is -2.43. The van der Waals surface area contributed by atoms with E-state index in [-0.39, 0.29) is 17.3 Å². The summed E-state index contributed by atoms with van der Waals surface area (Å²) in [6.07, 6.45) is 1.07. The first kappa shape index (κ1) is 21.1. The SMILES string of the molecule is COc1ccc(S(=O)(=O)N2CCCC2C(=O)Nc2cccc3ccccc23)cc1OC. The molecule has 3 aromatic rings. The topological polar surface area (TPSA) is 84.9 Å². The fraction of sp³-hybridized carbons (Fsp3) is 0.261. The molecule has 1 aliphatic heterocycles. The van der Waals surface area contributed by atoms with Crippen molar-refractivity contribution in [1.82, 2.24) is 4.31 Å². The van der Waals surface area contributed by atoms with Gasteiger partial charge in [0, 0.05) is 23.7 Å². The lowest BCUT2D eigenvalue weighted by molar-refractivity contribution is -0.119. The van der Waals surface area contributed by atoms with Gasteiger partial charge in [0.25, 0.3) is 0 Å². The number of sulfonamides is 1. The second kappa shape index (κ2) is 8.56. The van der Waals surface area contributed by atoms with Crippen LogP contribution < -0.4 is 14.8 Å². The van der Waals surface area contributed by atoms with E-state index >= 15 is 0 Å². The molecular weight excluding hydrogens is 416 g/mol. The van der Waals surface area contributed by atoms with Crippen molar-refractivity contribution in [3.05, 3.63) is 60.7 Å². The molecule has 0 bridgehead atoms. The van der Waals surface area contributed by atoms with Crippen molar-refractivity contribution in [2.75, 3.05) is 26.1 Å². The van der Waals surface area contributed by atoms with Crippen LogP contribution >= 0.6 is 0 Å². The number of amides is 1. The van der Waals surface area contributed by atoms with E-state index in [0.29, 0.717) is 30.0 Å². The van der Waals surface area contributed by atoms with Gasteiger partial charge in [-0.05, 0) is 36.4 Å². The third kappa shape index (κ3) is 3.96. The third-order valence-corrected chi connectivity index (χ3v) is 7.42. The Labute approximate surface area is 181 Å². The number of carbonyl (C=O) groups excluding carboxylic acids is 1. The van der Waals surface area contributed by atoms with E-state index in [2.05, 4.69) is 5.32 Å². The number of nitrogens with zero attached hydrogens (tertiary/aromatic N) is 1. The molecule has 1 atom stereocenters. The van der Waals surface area contributed by atoms with E-state index in [0.717, 1.165) is 10.8 Å². The Hall–Kier alpha value is -3.10. The van der Waals surface area contributed by atoms with Crippen molar-refractivity contribution in [3.63, 3.8) is 0 Å². The molecule has 0 spiro atoms. The van der Waals surface area contributed by atoms with Gasteiger partial charge in [0.1, 0.15) is 6.04 Å². The highest BCUT2D eigenvalue weighted by Crippen LogP contribution is 2.33. The number of fused-ring (bicyclic) bond motifs is 1. The van der Waals surface area contributed by atoms with Crippen molar-refractivity contribution < 1.29 is 22.7 Å². The van der Waals surface area contributed by atoms with Gasteiger partial charge >= 0.3 is 0 Å². The number of nitrogens with one attached hydrogen (secondary N) is 1. The van der Waals surface area contributed by atoms with Gasteiger partial charge in [0.2, 0.25) is 15.9 Å². The first-order chi connectivity index (χ1) is 15.0. The standard InChI is InChI=1S/C23H24N2O5S/c1-29-21-13-12-17(15-22(21)30-2)31(27,28)25-14-6-11-20(25)23(26)24-19-10-5-8-16-7-3-4-9-18(16)19/h3-5,7-10,12-13,15,20H,6,11,14H2,1-2H3,(H,24,26). The summed E-state index contributed by atoms with van der Waals surface area (Å²) in [5.74, 6) is 0.422. The largest absolute Gasteiger partial charge is 0.493 e. The molecule has 4 rings (SSSR count). The summed E-state index contributed by atoms with van der Waals surface area (Å²) in [5, 5.41) is 4.84. The highest BCUT2D eigenvalue weighted by Gasteiger charge is 2.39. The number of hydrogen-bond acceptors (Lipinski definition) is 5. The molecule has 1 N–H and O–H groups in total. The third-order valence-electron chi connectivity index (χ3n) is 5.52. The van der Waals surface area contributed by atoms with Gasteiger partial charge in [-0.3, -0.25) is 4.79 Å². The van der Waals surface area contributed by atoms with Crippen LogP contribution in [0.15, 0.2) is 65.6 Å². The van der Waals surface area contributed by atoms with Gasteiger partial charge < -0.3 is 14.8 Å². The van der Waals surface area contributed by atoms with Crippen LogP contribution in [0.2, 0.25) is 0 Å². The first-order valence-corrected chi connectivity index (χ1v) is 11.4. The van der Waals surface area contributed by atoms with E-state index < -0.39 is 16.1 Å². The molecule has 0 radical (unpaired) electrons. The van der Waals surface area contributed by atoms with E-state index in [9.17, 15) is 13.2 Å². The Morgan fingerprint density at radius 2 is 1.74 bits per heavy atom. The zero-order valence-electron chi connectivity index (χ0n) is 17.4. The van der Waals surface area contributed by atoms with Crippen LogP contribution in [0.4, 0.5) is 5.69 Å². The average molecular weight is 441 g/mol. The zero-order chi connectivity index (χ0) is 22.0.